The van der Waals surface area contributed by atoms with Gasteiger partial charge < -0.3 is 10.2 Å². The first-order valence-corrected chi connectivity index (χ1v) is 6.55. The highest BCUT2D eigenvalue weighted by molar-refractivity contribution is 5.27. The molecule has 1 N–H and O–H groups in total. The molecular weight excluding hydrogens is 208 g/mol. The van der Waals surface area contributed by atoms with Crippen LogP contribution in [0.3, 0.4) is 0 Å². The predicted molar refractivity (Wildman–Crippen MR) is 80.5 cm³/mol. The summed E-state index contributed by atoms with van der Waals surface area (Å²) in [5.41, 5.74) is 1.17. The SMILES string of the molecule is C=CC(/C=C\C)=C/C.CC.CN1CCNCC1. The van der Waals surface area contributed by atoms with Crippen LogP contribution in [0.1, 0.15) is 27.7 Å². The van der Waals surface area contributed by atoms with Crippen LogP contribution in [0.5, 0.6) is 0 Å². The van der Waals surface area contributed by atoms with E-state index in [0.29, 0.717) is 0 Å². The van der Waals surface area contributed by atoms with Crippen molar-refractivity contribution in [1.82, 2.24) is 10.2 Å². The highest BCUT2D eigenvalue weighted by Gasteiger charge is 2.01. The lowest BCUT2D eigenvalue weighted by Crippen LogP contribution is -2.40. The van der Waals surface area contributed by atoms with Gasteiger partial charge in [-0.15, -0.1) is 0 Å². The summed E-state index contributed by atoms with van der Waals surface area (Å²) in [6, 6.07) is 0. The molecule has 0 aromatic rings. The molecular formula is C15H30N2. The normalized spacial score (nSPS) is 16.6. The summed E-state index contributed by atoms with van der Waals surface area (Å²) < 4.78 is 0. The molecule has 1 aliphatic heterocycles. The second-order valence-electron chi connectivity index (χ2n) is 3.55. The number of piperazine rings is 1. The standard InChI is InChI=1S/C8H12.C5H12N2.C2H6/c1-4-7-8(5-2)6-3;1-7-4-2-6-3-5-7;1-2/h4-7H,2H2,1,3H3;6H,2-5H2,1H3;1-2H3/b7-4-,8-6-;;. The molecule has 0 spiro atoms. The minimum Gasteiger partial charge on any atom is -0.314 e. The summed E-state index contributed by atoms with van der Waals surface area (Å²) in [5.74, 6) is 0. The van der Waals surface area contributed by atoms with E-state index in [-0.39, 0.29) is 0 Å². The van der Waals surface area contributed by atoms with Crippen LogP contribution in [0.25, 0.3) is 0 Å². The van der Waals surface area contributed by atoms with Crippen molar-refractivity contribution in [3.05, 3.63) is 36.5 Å². The molecule has 0 atom stereocenters. The molecule has 1 heterocycles. The maximum Gasteiger partial charge on any atom is 0.0104 e. The van der Waals surface area contributed by atoms with Crippen molar-refractivity contribution >= 4 is 0 Å². The third kappa shape index (κ3) is 13.1. The number of likely N-dealkylation sites (N-methyl/N-ethyl adjacent to an activating group) is 1. The highest BCUT2D eigenvalue weighted by Crippen LogP contribution is 1.95. The van der Waals surface area contributed by atoms with Crippen LogP contribution in [0, 0.1) is 0 Å². The molecule has 17 heavy (non-hydrogen) atoms. The van der Waals surface area contributed by atoms with Crippen molar-refractivity contribution < 1.29 is 0 Å². The summed E-state index contributed by atoms with van der Waals surface area (Å²) in [6.07, 6.45) is 7.87. The van der Waals surface area contributed by atoms with E-state index < -0.39 is 0 Å². The molecule has 2 nitrogen and oxygen atoms in total. The Bertz CT molecular complexity index is 211. The molecule has 2 heteroatoms. The van der Waals surface area contributed by atoms with Gasteiger partial charge in [0.1, 0.15) is 0 Å². The van der Waals surface area contributed by atoms with Crippen molar-refractivity contribution in [2.45, 2.75) is 27.7 Å². The Balaban J connectivity index is 0. The van der Waals surface area contributed by atoms with Gasteiger partial charge >= 0.3 is 0 Å². The number of hydrogen-bond acceptors (Lipinski definition) is 2. The monoisotopic (exact) mass is 238 g/mol. The molecule has 1 aliphatic rings. The van der Waals surface area contributed by atoms with E-state index in [1.54, 1.807) is 0 Å². The maximum absolute atomic E-state index is 3.63. The Morgan fingerprint density at radius 2 is 1.71 bits per heavy atom. The molecule has 0 radical (unpaired) electrons. The summed E-state index contributed by atoms with van der Waals surface area (Å²) in [4.78, 5) is 2.33. The summed E-state index contributed by atoms with van der Waals surface area (Å²) in [7, 11) is 2.15. The Kier molecular flexibility index (Phi) is 16.5. The summed E-state index contributed by atoms with van der Waals surface area (Å²) in [6.45, 7) is 16.4. The molecule has 0 aromatic heterocycles. The molecule has 0 aromatic carbocycles. The van der Waals surface area contributed by atoms with Gasteiger partial charge in [0, 0.05) is 26.2 Å². The topological polar surface area (TPSA) is 15.3 Å². The summed E-state index contributed by atoms with van der Waals surface area (Å²) in [5, 5.41) is 3.27. The average Bonchev–Trinajstić information content (AvgIpc) is 2.40. The van der Waals surface area contributed by atoms with Gasteiger partial charge in [-0.05, 0) is 26.5 Å². The first-order valence-electron chi connectivity index (χ1n) is 6.55. The number of hydrogen-bond donors (Lipinski definition) is 1. The molecule has 0 aliphatic carbocycles. The smallest absolute Gasteiger partial charge is 0.0104 e. The third-order valence-corrected chi connectivity index (χ3v) is 2.27. The lowest BCUT2D eigenvalue weighted by molar-refractivity contribution is 0.291. The number of nitrogens with zero attached hydrogens (tertiary/aromatic N) is 1. The first-order chi connectivity index (χ1) is 8.24. The minimum absolute atomic E-state index is 1.16. The third-order valence-electron chi connectivity index (χ3n) is 2.27. The second-order valence-corrected chi connectivity index (χ2v) is 3.55. The van der Waals surface area contributed by atoms with Crippen molar-refractivity contribution in [2.24, 2.45) is 0 Å². The van der Waals surface area contributed by atoms with Gasteiger partial charge in [-0.2, -0.15) is 0 Å². The molecule has 0 saturated carbocycles. The van der Waals surface area contributed by atoms with Crippen LogP contribution >= 0.6 is 0 Å². The number of nitrogens with one attached hydrogen (secondary N) is 1. The average molecular weight is 238 g/mol. The second kappa shape index (κ2) is 15.1. The fourth-order valence-corrected chi connectivity index (χ4v) is 1.25. The van der Waals surface area contributed by atoms with Gasteiger partial charge in [-0.3, -0.25) is 0 Å². The van der Waals surface area contributed by atoms with Crippen LogP contribution in [0.15, 0.2) is 36.5 Å². The van der Waals surface area contributed by atoms with E-state index in [0.717, 1.165) is 13.1 Å². The Labute approximate surface area is 108 Å². The van der Waals surface area contributed by atoms with E-state index in [1.807, 2.05) is 52.0 Å². The maximum atomic E-state index is 3.63. The van der Waals surface area contributed by atoms with Crippen molar-refractivity contribution in [2.75, 3.05) is 33.2 Å². The first kappa shape index (κ1) is 18.5. The molecule has 1 saturated heterocycles. The lowest BCUT2D eigenvalue weighted by atomic mass is 10.2. The Morgan fingerprint density at radius 1 is 1.18 bits per heavy atom. The van der Waals surface area contributed by atoms with E-state index in [9.17, 15) is 0 Å². The largest absolute Gasteiger partial charge is 0.314 e. The van der Waals surface area contributed by atoms with Gasteiger partial charge in [-0.1, -0.05) is 44.7 Å². The Morgan fingerprint density at radius 3 is 1.88 bits per heavy atom. The van der Waals surface area contributed by atoms with Gasteiger partial charge in [-0.25, -0.2) is 0 Å². The molecule has 0 amide bonds. The Hall–Kier alpha value is -0.860. The van der Waals surface area contributed by atoms with Crippen LogP contribution in [-0.4, -0.2) is 38.1 Å². The lowest BCUT2D eigenvalue weighted by Gasteiger charge is -2.21. The van der Waals surface area contributed by atoms with Crippen LogP contribution in [-0.2, 0) is 0 Å². The van der Waals surface area contributed by atoms with Gasteiger partial charge in [0.25, 0.3) is 0 Å². The summed E-state index contributed by atoms with van der Waals surface area (Å²) >= 11 is 0. The zero-order valence-corrected chi connectivity index (χ0v) is 12.3. The molecule has 1 fully saturated rings. The van der Waals surface area contributed by atoms with E-state index in [2.05, 4.69) is 23.8 Å². The van der Waals surface area contributed by atoms with Crippen molar-refractivity contribution in [1.29, 1.82) is 0 Å². The number of allylic oxidation sites excluding steroid dienone is 5. The minimum atomic E-state index is 1.16. The number of rotatable bonds is 2. The van der Waals surface area contributed by atoms with Gasteiger partial charge in [0.2, 0.25) is 0 Å². The van der Waals surface area contributed by atoms with Crippen LogP contribution in [0.4, 0.5) is 0 Å². The van der Waals surface area contributed by atoms with Crippen LogP contribution in [0.2, 0.25) is 0 Å². The van der Waals surface area contributed by atoms with Crippen LogP contribution < -0.4 is 5.32 Å². The predicted octanol–water partition coefficient (Wildman–Crippen LogP) is 3.24. The fraction of sp³-hybridized carbons (Fsp3) is 0.600. The molecule has 0 unspecified atom stereocenters. The molecule has 1 rings (SSSR count). The van der Waals surface area contributed by atoms with E-state index in [1.165, 1.54) is 18.7 Å². The zero-order chi connectivity index (χ0) is 13.5. The zero-order valence-electron chi connectivity index (χ0n) is 12.3. The van der Waals surface area contributed by atoms with E-state index >= 15 is 0 Å². The molecule has 0 bridgehead atoms. The quantitative estimate of drug-likeness (QED) is 0.743. The highest BCUT2D eigenvalue weighted by atomic mass is 15.2. The van der Waals surface area contributed by atoms with Gasteiger partial charge in [0.15, 0.2) is 0 Å². The van der Waals surface area contributed by atoms with Crippen molar-refractivity contribution in [3.63, 3.8) is 0 Å². The van der Waals surface area contributed by atoms with Crippen molar-refractivity contribution in [3.8, 4) is 0 Å². The van der Waals surface area contributed by atoms with Gasteiger partial charge in [0.05, 0.1) is 0 Å². The molecule has 100 valence electrons. The fourth-order valence-electron chi connectivity index (χ4n) is 1.25. The van der Waals surface area contributed by atoms with E-state index in [4.69, 9.17) is 0 Å².